The van der Waals surface area contributed by atoms with Gasteiger partial charge in [-0.15, -0.1) is 24.0 Å². The van der Waals surface area contributed by atoms with Crippen LogP contribution in [0, 0.1) is 5.41 Å². The van der Waals surface area contributed by atoms with Crippen LogP contribution in [-0.4, -0.2) is 57.2 Å². The van der Waals surface area contributed by atoms with Crippen LogP contribution >= 0.6 is 24.0 Å². The summed E-state index contributed by atoms with van der Waals surface area (Å²) >= 11 is 0. The lowest BCUT2D eigenvalue weighted by molar-refractivity contribution is 0.297. The van der Waals surface area contributed by atoms with E-state index in [1.165, 1.54) is 32.1 Å². The van der Waals surface area contributed by atoms with E-state index < -0.39 is 10.0 Å². The lowest BCUT2D eigenvalue weighted by Crippen LogP contribution is -2.42. The summed E-state index contributed by atoms with van der Waals surface area (Å²) in [6.07, 6.45) is 7.12. The van der Waals surface area contributed by atoms with Gasteiger partial charge in [-0.25, -0.2) is 12.7 Å². The largest absolute Gasteiger partial charge is 0.357 e. The van der Waals surface area contributed by atoms with Crippen LogP contribution in [0.2, 0.25) is 0 Å². The van der Waals surface area contributed by atoms with Crippen molar-refractivity contribution in [2.45, 2.75) is 52.4 Å². The zero-order valence-electron chi connectivity index (χ0n) is 15.0. The second kappa shape index (κ2) is 10.2. The molecule has 0 aromatic rings. The van der Waals surface area contributed by atoms with Crippen LogP contribution in [-0.2, 0) is 10.0 Å². The highest BCUT2D eigenvalue weighted by Gasteiger charge is 2.31. The first kappa shape index (κ1) is 22.0. The maximum atomic E-state index is 11.8. The van der Waals surface area contributed by atoms with Gasteiger partial charge >= 0.3 is 0 Å². The molecule has 1 saturated heterocycles. The Hall–Kier alpha value is -0.0900. The number of hydrogen-bond acceptors (Lipinski definition) is 3. The van der Waals surface area contributed by atoms with Gasteiger partial charge in [-0.3, -0.25) is 4.99 Å². The van der Waals surface area contributed by atoms with E-state index in [1.54, 1.807) is 4.31 Å². The molecule has 0 radical (unpaired) electrons. The van der Waals surface area contributed by atoms with Crippen LogP contribution in [0.1, 0.15) is 52.4 Å². The fourth-order valence-corrected chi connectivity index (χ4v) is 5.11. The second-order valence-corrected chi connectivity index (χ2v) is 8.84. The van der Waals surface area contributed by atoms with Gasteiger partial charge in [0.15, 0.2) is 5.96 Å². The average molecular weight is 472 g/mol. The van der Waals surface area contributed by atoms with Gasteiger partial charge in [0.05, 0.1) is 5.75 Å². The van der Waals surface area contributed by atoms with Crippen LogP contribution in [0.4, 0.5) is 0 Å². The third-order valence-corrected chi connectivity index (χ3v) is 7.14. The van der Waals surface area contributed by atoms with Crippen LogP contribution in [0.15, 0.2) is 4.99 Å². The number of sulfonamides is 1. The standard InChI is InChI=1S/C16H32N4O2S.HI/c1-3-16(8-5-6-9-16)14-19-15(17-4-2)18-10-12-20-11-7-13-23(20,21)22;/h3-14H2,1-2H3,(H2,17,18,19);1H. The average Bonchev–Trinajstić information content (AvgIpc) is 3.12. The quantitative estimate of drug-likeness (QED) is 0.339. The van der Waals surface area contributed by atoms with Crippen molar-refractivity contribution in [3.8, 4) is 0 Å². The number of nitrogens with one attached hydrogen (secondary N) is 2. The Kier molecular flexibility index (Phi) is 9.29. The smallest absolute Gasteiger partial charge is 0.214 e. The Morgan fingerprint density at radius 1 is 1.17 bits per heavy atom. The van der Waals surface area contributed by atoms with Crippen LogP contribution in [0.3, 0.4) is 0 Å². The van der Waals surface area contributed by atoms with Crippen LogP contribution in [0.25, 0.3) is 0 Å². The Bertz CT molecular complexity index is 504. The molecule has 1 heterocycles. The van der Waals surface area contributed by atoms with Gasteiger partial charge in [0.25, 0.3) is 0 Å². The summed E-state index contributed by atoms with van der Waals surface area (Å²) in [5.41, 5.74) is 0.376. The molecule has 0 spiro atoms. The van der Waals surface area contributed by atoms with Gasteiger partial charge in [0, 0.05) is 32.7 Å². The normalized spacial score (nSPS) is 23.0. The van der Waals surface area contributed by atoms with Crippen molar-refractivity contribution in [2.75, 3.05) is 38.5 Å². The van der Waals surface area contributed by atoms with Crippen LogP contribution < -0.4 is 10.6 Å². The molecule has 2 N–H and O–H groups in total. The molecule has 1 aliphatic heterocycles. The molecule has 1 aliphatic carbocycles. The zero-order chi connectivity index (χ0) is 16.8. The number of aliphatic imine (C=N–C) groups is 1. The van der Waals surface area contributed by atoms with Gasteiger partial charge in [-0.05, 0) is 38.0 Å². The molecule has 142 valence electrons. The monoisotopic (exact) mass is 472 g/mol. The molecule has 1 saturated carbocycles. The molecule has 2 rings (SSSR count). The van der Waals surface area contributed by atoms with Crippen molar-refractivity contribution in [1.82, 2.24) is 14.9 Å². The van der Waals surface area contributed by atoms with E-state index in [0.29, 0.717) is 30.8 Å². The van der Waals surface area contributed by atoms with Gasteiger partial charge in [-0.1, -0.05) is 19.8 Å². The van der Waals surface area contributed by atoms with Crippen molar-refractivity contribution in [3.63, 3.8) is 0 Å². The topological polar surface area (TPSA) is 73.8 Å². The molecule has 2 aliphatic rings. The van der Waals surface area contributed by atoms with E-state index in [-0.39, 0.29) is 24.0 Å². The van der Waals surface area contributed by atoms with E-state index in [9.17, 15) is 8.42 Å². The Morgan fingerprint density at radius 2 is 1.88 bits per heavy atom. The predicted molar refractivity (Wildman–Crippen MR) is 111 cm³/mol. The van der Waals surface area contributed by atoms with Crippen molar-refractivity contribution in [1.29, 1.82) is 0 Å². The fraction of sp³-hybridized carbons (Fsp3) is 0.938. The van der Waals surface area contributed by atoms with Gasteiger partial charge in [0.1, 0.15) is 0 Å². The Morgan fingerprint density at radius 3 is 2.42 bits per heavy atom. The minimum atomic E-state index is -3.00. The molecule has 8 heteroatoms. The highest BCUT2D eigenvalue weighted by atomic mass is 127. The third-order valence-electron chi connectivity index (χ3n) is 5.19. The van der Waals surface area contributed by atoms with E-state index in [0.717, 1.165) is 25.5 Å². The van der Waals surface area contributed by atoms with E-state index in [1.807, 2.05) is 6.92 Å². The first-order valence-corrected chi connectivity index (χ1v) is 10.6. The van der Waals surface area contributed by atoms with Crippen LogP contribution in [0.5, 0.6) is 0 Å². The molecule has 0 atom stereocenters. The predicted octanol–water partition coefficient (Wildman–Crippen LogP) is 2.17. The van der Waals surface area contributed by atoms with Crippen molar-refractivity contribution < 1.29 is 8.42 Å². The molecule has 0 aromatic heterocycles. The highest BCUT2D eigenvalue weighted by molar-refractivity contribution is 14.0. The summed E-state index contributed by atoms with van der Waals surface area (Å²) in [6.45, 7) is 7.76. The lowest BCUT2D eigenvalue weighted by atomic mass is 9.84. The first-order chi connectivity index (χ1) is 11.0. The molecule has 2 fully saturated rings. The molecule has 6 nitrogen and oxygen atoms in total. The minimum absolute atomic E-state index is 0. The second-order valence-electron chi connectivity index (χ2n) is 6.75. The summed E-state index contributed by atoms with van der Waals surface area (Å²) in [4.78, 5) is 4.77. The summed E-state index contributed by atoms with van der Waals surface area (Å²) in [5.74, 6) is 1.10. The fourth-order valence-electron chi connectivity index (χ4n) is 3.58. The zero-order valence-corrected chi connectivity index (χ0v) is 18.2. The maximum Gasteiger partial charge on any atom is 0.214 e. The lowest BCUT2D eigenvalue weighted by Gasteiger charge is -2.25. The number of hydrogen-bond donors (Lipinski definition) is 2. The number of nitrogens with zero attached hydrogens (tertiary/aromatic N) is 2. The first-order valence-electron chi connectivity index (χ1n) is 9.01. The molecule has 24 heavy (non-hydrogen) atoms. The molecule has 0 bridgehead atoms. The Labute approximate surface area is 164 Å². The minimum Gasteiger partial charge on any atom is -0.357 e. The van der Waals surface area contributed by atoms with Gasteiger partial charge in [-0.2, -0.15) is 0 Å². The molecule has 0 unspecified atom stereocenters. The van der Waals surface area contributed by atoms with E-state index >= 15 is 0 Å². The SMILES string of the molecule is CCNC(=NCC1(CC)CCCC1)NCCN1CCCS1(=O)=O.I. The van der Waals surface area contributed by atoms with E-state index in [2.05, 4.69) is 17.6 Å². The van der Waals surface area contributed by atoms with Gasteiger partial charge in [0.2, 0.25) is 10.0 Å². The summed E-state index contributed by atoms with van der Waals surface area (Å²) in [7, 11) is -3.00. The molecule has 0 amide bonds. The van der Waals surface area contributed by atoms with Crippen molar-refractivity contribution >= 4 is 40.0 Å². The molecular formula is C16H33IN4O2S. The number of guanidine groups is 1. The van der Waals surface area contributed by atoms with E-state index in [4.69, 9.17) is 4.99 Å². The van der Waals surface area contributed by atoms with Crippen molar-refractivity contribution in [3.05, 3.63) is 0 Å². The number of halogens is 1. The summed E-state index contributed by atoms with van der Waals surface area (Å²) < 4.78 is 25.2. The summed E-state index contributed by atoms with van der Waals surface area (Å²) in [6, 6.07) is 0. The molecule has 0 aromatic carbocycles. The highest BCUT2D eigenvalue weighted by Crippen LogP contribution is 2.41. The molecular weight excluding hydrogens is 439 g/mol. The third kappa shape index (κ3) is 6.01. The Balaban J connectivity index is 0.00000288. The maximum absolute atomic E-state index is 11.8. The van der Waals surface area contributed by atoms with Gasteiger partial charge < -0.3 is 10.6 Å². The summed E-state index contributed by atoms with van der Waals surface area (Å²) in [5, 5.41) is 6.55. The number of rotatable bonds is 7. The van der Waals surface area contributed by atoms with Crippen molar-refractivity contribution in [2.24, 2.45) is 10.4 Å².